The third kappa shape index (κ3) is 4.87. The third-order valence-corrected chi connectivity index (χ3v) is 0.959. The first kappa shape index (κ1) is 8.01. The zero-order valence-corrected chi connectivity index (χ0v) is 5.17. The van der Waals surface area contributed by atoms with Gasteiger partial charge in [0.05, 0.1) is 6.07 Å². The number of unbranched alkanes of at least 4 members (excludes halogenated alkanes) is 1. The molecular weight excluding hydrogens is 114 g/mol. The topological polar surface area (TPSA) is 44.0 Å². The van der Waals surface area contributed by atoms with Gasteiger partial charge in [0.15, 0.2) is 0 Å². The molecular formula is C7H9NO. The molecule has 0 aliphatic carbocycles. The maximum absolute atomic E-state index is 8.74. The van der Waals surface area contributed by atoms with E-state index < -0.39 is 6.10 Å². The van der Waals surface area contributed by atoms with Crippen molar-refractivity contribution in [3.05, 3.63) is 0 Å². The first-order valence-corrected chi connectivity index (χ1v) is 2.82. The molecule has 2 heteroatoms. The maximum atomic E-state index is 8.74. The van der Waals surface area contributed by atoms with E-state index in [-0.39, 0.29) is 0 Å². The van der Waals surface area contributed by atoms with Crippen LogP contribution >= 0.6 is 0 Å². The van der Waals surface area contributed by atoms with Crippen LogP contribution in [0.15, 0.2) is 0 Å². The number of hydrogen-bond acceptors (Lipinski definition) is 2. The van der Waals surface area contributed by atoms with Crippen molar-refractivity contribution in [3.63, 3.8) is 0 Å². The van der Waals surface area contributed by atoms with Gasteiger partial charge in [0.2, 0.25) is 0 Å². The molecule has 0 heterocycles. The van der Waals surface area contributed by atoms with Gasteiger partial charge in [0.25, 0.3) is 0 Å². The number of nitriles is 1. The molecule has 0 aromatic heterocycles. The Bertz CT molecular complexity index is 140. The van der Waals surface area contributed by atoms with Gasteiger partial charge in [-0.3, -0.25) is 0 Å². The average molecular weight is 123 g/mol. The fourth-order valence-electron chi connectivity index (χ4n) is 0.458. The molecule has 1 N–H and O–H groups in total. The number of aliphatic hydroxyl groups is 1. The Kier molecular flexibility index (Phi) is 4.59. The molecule has 48 valence electrons. The van der Waals surface area contributed by atoms with E-state index >= 15 is 0 Å². The average Bonchev–Trinajstić information content (AvgIpc) is 1.89. The molecule has 0 bridgehead atoms. The summed E-state index contributed by atoms with van der Waals surface area (Å²) in [4.78, 5) is 0. The molecule has 0 saturated heterocycles. The van der Waals surface area contributed by atoms with Crippen molar-refractivity contribution in [2.75, 3.05) is 0 Å². The number of hydrogen-bond donors (Lipinski definition) is 1. The van der Waals surface area contributed by atoms with Crippen LogP contribution in [0.5, 0.6) is 0 Å². The van der Waals surface area contributed by atoms with Gasteiger partial charge in [-0.1, -0.05) is 5.92 Å². The Morgan fingerprint density at radius 2 is 2.33 bits per heavy atom. The second-order valence-electron chi connectivity index (χ2n) is 1.73. The summed E-state index contributed by atoms with van der Waals surface area (Å²) < 4.78 is 0. The molecule has 0 radical (unpaired) electrons. The van der Waals surface area contributed by atoms with Crippen LogP contribution in [0.25, 0.3) is 0 Å². The Hall–Kier alpha value is -0.990. The van der Waals surface area contributed by atoms with E-state index in [9.17, 15) is 0 Å². The molecule has 2 nitrogen and oxygen atoms in total. The molecule has 0 spiro atoms. The van der Waals surface area contributed by atoms with E-state index in [1.807, 2.05) is 6.07 Å². The highest BCUT2D eigenvalue weighted by Crippen LogP contribution is 1.97. The highest BCUT2D eigenvalue weighted by Gasteiger charge is 1.95. The summed E-state index contributed by atoms with van der Waals surface area (Å²) in [5.41, 5.74) is 0. The zero-order chi connectivity index (χ0) is 7.11. The minimum Gasteiger partial charge on any atom is -0.380 e. The Balaban J connectivity index is 3.12. The largest absolute Gasteiger partial charge is 0.380 e. The van der Waals surface area contributed by atoms with Crippen molar-refractivity contribution in [2.45, 2.75) is 25.4 Å². The Labute approximate surface area is 55.1 Å². The summed E-state index contributed by atoms with van der Waals surface area (Å²) in [6.07, 6.45) is 5.89. The van der Waals surface area contributed by atoms with Crippen LogP contribution in [-0.2, 0) is 0 Å². The Morgan fingerprint density at radius 1 is 1.67 bits per heavy atom. The van der Waals surface area contributed by atoms with Gasteiger partial charge in [-0.2, -0.15) is 5.26 Å². The molecule has 0 fully saturated rings. The minimum absolute atomic E-state index is 0.471. The molecule has 1 unspecified atom stereocenters. The summed E-state index contributed by atoms with van der Waals surface area (Å²) in [7, 11) is 0. The van der Waals surface area contributed by atoms with Gasteiger partial charge in [-0.15, -0.1) is 6.42 Å². The van der Waals surface area contributed by atoms with E-state index in [2.05, 4.69) is 5.92 Å². The molecule has 9 heavy (non-hydrogen) atoms. The van der Waals surface area contributed by atoms with Gasteiger partial charge in [0.1, 0.15) is 6.10 Å². The van der Waals surface area contributed by atoms with Crippen molar-refractivity contribution in [2.24, 2.45) is 0 Å². The van der Waals surface area contributed by atoms with Gasteiger partial charge >= 0.3 is 0 Å². The van der Waals surface area contributed by atoms with Crippen LogP contribution in [0.1, 0.15) is 19.3 Å². The van der Waals surface area contributed by atoms with Crippen molar-refractivity contribution in [3.8, 4) is 18.4 Å². The molecule has 0 aliphatic heterocycles. The second kappa shape index (κ2) is 5.15. The maximum Gasteiger partial charge on any atom is 0.114 e. The van der Waals surface area contributed by atoms with E-state index in [0.717, 1.165) is 0 Å². The summed E-state index contributed by atoms with van der Waals surface area (Å²) >= 11 is 0. The standard InChI is InChI=1S/C7H9NO/c1-2-7(9)5-3-4-6-8/h1,7,9H,3-5H2. The van der Waals surface area contributed by atoms with Crippen LogP contribution in [0.3, 0.4) is 0 Å². The lowest BCUT2D eigenvalue weighted by Crippen LogP contribution is -2.00. The minimum atomic E-state index is -0.668. The summed E-state index contributed by atoms with van der Waals surface area (Å²) in [6.45, 7) is 0. The fourth-order valence-corrected chi connectivity index (χ4v) is 0.458. The van der Waals surface area contributed by atoms with E-state index in [1.54, 1.807) is 0 Å². The van der Waals surface area contributed by atoms with Crippen LogP contribution in [0.4, 0.5) is 0 Å². The number of nitrogens with zero attached hydrogens (tertiary/aromatic N) is 1. The zero-order valence-electron chi connectivity index (χ0n) is 5.17. The number of rotatable bonds is 3. The summed E-state index contributed by atoms with van der Waals surface area (Å²) in [5, 5.41) is 16.8. The molecule has 0 aromatic rings. The molecule has 1 atom stereocenters. The van der Waals surface area contributed by atoms with Gasteiger partial charge < -0.3 is 5.11 Å². The Morgan fingerprint density at radius 3 is 2.78 bits per heavy atom. The van der Waals surface area contributed by atoms with Crippen LogP contribution < -0.4 is 0 Å². The van der Waals surface area contributed by atoms with Gasteiger partial charge in [0, 0.05) is 6.42 Å². The van der Waals surface area contributed by atoms with Crippen LogP contribution in [0.2, 0.25) is 0 Å². The first-order chi connectivity index (χ1) is 4.31. The normalized spacial score (nSPS) is 11.4. The molecule has 0 aromatic carbocycles. The smallest absolute Gasteiger partial charge is 0.114 e. The van der Waals surface area contributed by atoms with E-state index in [1.165, 1.54) is 0 Å². The summed E-state index contributed by atoms with van der Waals surface area (Å²) in [6, 6.07) is 1.97. The monoisotopic (exact) mass is 123 g/mol. The van der Waals surface area contributed by atoms with Crippen LogP contribution in [0, 0.1) is 23.7 Å². The lowest BCUT2D eigenvalue weighted by atomic mass is 10.2. The van der Waals surface area contributed by atoms with Crippen molar-refractivity contribution in [1.29, 1.82) is 5.26 Å². The van der Waals surface area contributed by atoms with Crippen molar-refractivity contribution in [1.82, 2.24) is 0 Å². The highest BCUT2D eigenvalue weighted by molar-refractivity contribution is 4.93. The second-order valence-corrected chi connectivity index (χ2v) is 1.73. The van der Waals surface area contributed by atoms with Gasteiger partial charge in [-0.25, -0.2) is 0 Å². The quantitative estimate of drug-likeness (QED) is 0.443. The van der Waals surface area contributed by atoms with Crippen molar-refractivity contribution < 1.29 is 5.11 Å². The lowest BCUT2D eigenvalue weighted by molar-refractivity contribution is 0.219. The van der Waals surface area contributed by atoms with Crippen molar-refractivity contribution >= 4 is 0 Å². The highest BCUT2D eigenvalue weighted by atomic mass is 16.3. The lowest BCUT2D eigenvalue weighted by Gasteiger charge is -1.97. The first-order valence-electron chi connectivity index (χ1n) is 2.82. The molecule has 0 rings (SSSR count). The number of terminal acetylenes is 1. The van der Waals surface area contributed by atoms with Crippen LogP contribution in [-0.4, -0.2) is 11.2 Å². The van der Waals surface area contributed by atoms with E-state index in [4.69, 9.17) is 16.8 Å². The molecule has 0 aliphatic rings. The molecule has 0 amide bonds. The van der Waals surface area contributed by atoms with E-state index in [0.29, 0.717) is 19.3 Å². The SMILES string of the molecule is C#CC(O)CCCC#N. The summed E-state index contributed by atoms with van der Waals surface area (Å²) in [5.74, 6) is 2.17. The fraction of sp³-hybridized carbons (Fsp3) is 0.571. The molecule has 0 saturated carbocycles. The third-order valence-electron chi connectivity index (χ3n) is 0.959. The predicted octanol–water partition coefficient (Wildman–Crippen LogP) is 0.674. The number of aliphatic hydroxyl groups excluding tert-OH is 1. The van der Waals surface area contributed by atoms with Gasteiger partial charge in [-0.05, 0) is 12.8 Å². The predicted molar refractivity (Wildman–Crippen MR) is 34.3 cm³/mol.